The van der Waals surface area contributed by atoms with E-state index >= 15 is 0 Å². The molecule has 1 heterocycles. The topological polar surface area (TPSA) is 34.1 Å². The lowest BCUT2D eigenvalue weighted by atomic mass is 10.00. The number of nitrogens with zero attached hydrogens (tertiary/aromatic N) is 1. The molecule has 0 saturated heterocycles. The number of aromatic nitrogens is 1. The molecule has 0 aromatic carbocycles. The zero-order chi connectivity index (χ0) is 12.3. The standard InChI is InChI=1S/C13H22N2OS/c1-4-13(2,14-8-9-16-3)12-15-10-6-5-7-11(10)17-12/h14H,4-9H2,1-3H3. The van der Waals surface area contributed by atoms with Crippen molar-refractivity contribution in [1.29, 1.82) is 0 Å². The van der Waals surface area contributed by atoms with Gasteiger partial charge in [0, 0.05) is 18.5 Å². The highest BCUT2D eigenvalue weighted by Gasteiger charge is 2.29. The van der Waals surface area contributed by atoms with Crippen molar-refractivity contribution in [3.05, 3.63) is 15.6 Å². The fourth-order valence-electron chi connectivity index (χ4n) is 2.21. The molecule has 1 aromatic heterocycles. The lowest BCUT2D eigenvalue weighted by molar-refractivity contribution is 0.185. The molecule has 1 aliphatic rings. The van der Waals surface area contributed by atoms with Gasteiger partial charge in [0.1, 0.15) is 5.01 Å². The van der Waals surface area contributed by atoms with Gasteiger partial charge in [-0.3, -0.25) is 0 Å². The molecule has 0 radical (unpaired) electrons. The first kappa shape index (κ1) is 13.0. The Balaban J connectivity index is 2.10. The predicted molar refractivity (Wildman–Crippen MR) is 71.7 cm³/mol. The van der Waals surface area contributed by atoms with Gasteiger partial charge in [0.25, 0.3) is 0 Å². The molecule has 4 heteroatoms. The molecule has 1 atom stereocenters. The van der Waals surface area contributed by atoms with E-state index in [1.807, 2.05) is 11.3 Å². The first-order valence-corrected chi connectivity index (χ1v) is 7.24. The first-order chi connectivity index (χ1) is 8.19. The molecular formula is C13H22N2OS. The Morgan fingerprint density at radius 1 is 1.47 bits per heavy atom. The van der Waals surface area contributed by atoms with Crippen molar-refractivity contribution in [3.8, 4) is 0 Å². The van der Waals surface area contributed by atoms with E-state index in [1.54, 1.807) is 7.11 Å². The van der Waals surface area contributed by atoms with Crippen LogP contribution in [0.3, 0.4) is 0 Å². The fraction of sp³-hybridized carbons (Fsp3) is 0.769. The molecule has 0 spiro atoms. The van der Waals surface area contributed by atoms with E-state index in [0.29, 0.717) is 0 Å². The second kappa shape index (κ2) is 5.46. The molecule has 1 N–H and O–H groups in total. The fourth-order valence-corrected chi connectivity index (χ4v) is 3.55. The third-order valence-electron chi connectivity index (χ3n) is 3.60. The van der Waals surface area contributed by atoms with Gasteiger partial charge in [0.05, 0.1) is 17.8 Å². The number of methoxy groups -OCH3 is 1. The summed E-state index contributed by atoms with van der Waals surface area (Å²) in [6, 6.07) is 0. The molecule has 1 aromatic rings. The summed E-state index contributed by atoms with van der Waals surface area (Å²) in [6.45, 7) is 6.09. The van der Waals surface area contributed by atoms with Crippen LogP contribution < -0.4 is 5.32 Å². The van der Waals surface area contributed by atoms with E-state index in [-0.39, 0.29) is 5.54 Å². The number of fused-ring (bicyclic) bond motifs is 1. The number of rotatable bonds is 6. The second-order valence-corrected chi connectivity index (χ2v) is 5.93. The first-order valence-electron chi connectivity index (χ1n) is 6.42. The maximum absolute atomic E-state index is 5.10. The summed E-state index contributed by atoms with van der Waals surface area (Å²) in [7, 11) is 1.74. The molecule has 2 rings (SSSR count). The average molecular weight is 254 g/mol. The van der Waals surface area contributed by atoms with Gasteiger partial charge in [0.15, 0.2) is 0 Å². The molecule has 0 aliphatic heterocycles. The summed E-state index contributed by atoms with van der Waals surface area (Å²) >= 11 is 1.90. The van der Waals surface area contributed by atoms with Crippen LogP contribution in [0.15, 0.2) is 0 Å². The minimum atomic E-state index is 0.00748. The monoisotopic (exact) mass is 254 g/mol. The smallest absolute Gasteiger partial charge is 0.113 e. The van der Waals surface area contributed by atoms with Crippen LogP contribution in [0.5, 0.6) is 0 Å². The quantitative estimate of drug-likeness (QED) is 0.792. The van der Waals surface area contributed by atoms with Gasteiger partial charge >= 0.3 is 0 Å². The molecular weight excluding hydrogens is 232 g/mol. The number of hydrogen-bond acceptors (Lipinski definition) is 4. The number of nitrogens with one attached hydrogen (secondary N) is 1. The zero-order valence-electron chi connectivity index (χ0n) is 11.0. The Labute approximate surface area is 108 Å². The minimum Gasteiger partial charge on any atom is -0.383 e. The lowest BCUT2D eigenvalue weighted by Crippen LogP contribution is -2.40. The number of aryl methyl sites for hydroxylation is 2. The third kappa shape index (κ3) is 2.69. The molecule has 0 amide bonds. The second-order valence-electron chi connectivity index (χ2n) is 4.85. The summed E-state index contributed by atoms with van der Waals surface area (Å²) in [5.41, 5.74) is 1.35. The van der Waals surface area contributed by atoms with Crippen LogP contribution in [0.4, 0.5) is 0 Å². The average Bonchev–Trinajstić information content (AvgIpc) is 2.89. The summed E-state index contributed by atoms with van der Waals surface area (Å²) in [5.74, 6) is 0. The Bertz CT molecular complexity index is 356. The summed E-state index contributed by atoms with van der Waals surface area (Å²) in [6.07, 6.45) is 4.74. The molecule has 0 fully saturated rings. The largest absolute Gasteiger partial charge is 0.383 e. The van der Waals surface area contributed by atoms with Crippen LogP contribution >= 0.6 is 11.3 Å². The molecule has 0 saturated carbocycles. The number of hydrogen-bond donors (Lipinski definition) is 1. The van der Waals surface area contributed by atoms with E-state index in [0.717, 1.165) is 19.6 Å². The van der Waals surface area contributed by atoms with Crippen LogP contribution in [0.25, 0.3) is 0 Å². The van der Waals surface area contributed by atoms with E-state index in [1.165, 1.54) is 34.8 Å². The van der Waals surface area contributed by atoms with E-state index in [2.05, 4.69) is 19.2 Å². The van der Waals surface area contributed by atoms with E-state index < -0.39 is 0 Å². The van der Waals surface area contributed by atoms with Gasteiger partial charge < -0.3 is 10.1 Å². The minimum absolute atomic E-state index is 0.00748. The maximum Gasteiger partial charge on any atom is 0.113 e. The van der Waals surface area contributed by atoms with E-state index in [9.17, 15) is 0 Å². The van der Waals surface area contributed by atoms with Crippen molar-refractivity contribution in [2.24, 2.45) is 0 Å². The van der Waals surface area contributed by atoms with Crippen LogP contribution in [-0.4, -0.2) is 25.2 Å². The Morgan fingerprint density at radius 3 is 2.94 bits per heavy atom. The van der Waals surface area contributed by atoms with Crippen molar-refractivity contribution in [2.45, 2.75) is 45.1 Å². The van der Waals surface area contributed by atoms with Crippen LogP contribution in [-0.2, 0) is 23.1 Å². The van der Waals surface area contributed by atoms with E-state index in [4.69, 9.17) is 9.72 Å². The van der Waals surface area contributed by atoms with Gasteiger partial charge in [0.2, 0.25) is 0 Å². The predicted octanol–water partition coefficient (Wildman–Crippen LogP) is 2.49. The van der Waals surface area contributed by atoms with Gasteiger partial charge in [-0.25, -0.2) is 4.98 Å². The van der Waals surface area contributed by atoms with Gasteiger partial charge in [-0.2, -0.15) is 0 Å². The highest BCUT2D eigenvalue weighted by atomic mass is 32.1. The Hall–Kier alpha value is -0.450. The molecule has 0 bridgehead atoms. The van der Waals surface area contributed by atoms with Gasteiger partial charge in [-0.05, 0) is 32.6 Å². The summed E-state index contributed by atoms with van der Waals surface area (Å²) in [4.78, 5) is 6.34. The van der Waals surface area contributed by atoms with Crippen molar-refractivity contribution in [1.82, 2.24) is 10.3 Å². The summed E-state index contributed by atoms with van der Waals surface area (Å²) in [5, 5.41) is 4.83. The molecule has 17 heavy (non-hydrogen) atoms. The van der Waals surface area contributed by atoms with Crippen LogP contribution in [0.1, 0.15) is 42.3 Å². The van der Waals surface area contributed by atoms with Crippen LogP contribution in [0, 0.1) is 0 Å². The zero-order valence-corrected chi connectivity index (χ0v) is 11.8. The molecule has 1 unspecified atom stereocenters. The van der Waals surface area contributed by atoms with Crippen molar-refractivity contribution >= 4 is 11.3 Å². The van der Waals surface area contributed by atoms with Crippen molar-refractivity contribution in [2.75, 3.05) is 20.3 Å². The molecule has 3 nitrogen and oxygen atoms in total. The van der Waals surface area contributed by atoms with Crippen molar-refractivity contribution in [3.63, 3.8) is 0 Å². The third-order valence-corrected chi connectivity index (χ3v) is 5.02. The maximum atomic E-state index is 5.10. The highest BCUT2D eigenvalue weighted by molar-refractivity contribution is 7.12. The molecule has 96 valence electrons. The normalized spacial score (nSPS) is 18.1. The Morgan fingerprint density at radius 2 is 2.29 bits per heavy atom. The lowest BCUT2D eigenvalue weighted by Gasteiger charge is -2.27. The van der Waals surface area contributed by atoms with Gasteiger partial charge in [-0.1, -0.05) is 6.92 Å². The number of ether oxygens (including phenoxy) is 1. The highest BCUT2D eigenvalue weighted by Crippen LogP contribution is 2.34. The van der Waals surface area contributed by atoms with Crippen LogP contribution in [0.2, 0.25) is 0 Å². The molecule has 1 aliphatic carbocycles. The SMILES string of the molecule is CCC(C)(NCCOC)c1nc2c(s1)CCC2. The summed E-state index contributed by atoms with van der Waals surface area (Å²) < 4.78 is 5.10. The Kier molecular flexibility index (Phi) is 4.17. The van der Waals surface area contributed by atoms with Crippen molar-refractivity contribution < 1.29 is 4.74 Å². The number of thiazole rings is 1. The van der Waals surface area contributed by atoms with Gasteiger partial charge in [-0.15, -0.1) is 11.3 Å².